The van der Waals surface area contributed by atoms with Crippen molar-refractivity contribution in [3.63, 3.8) is 0 Å². The van der Waals surface area contributed by atoms with Crippen LogP contribution in [0, 0.1) is 0 Å². The molecule has 1 aromatic carbocycles. The average molecular weight is 319 g/mol. The van der Waals surface area contributed by atoms with Gasteiger partial charge in [-0.1, -0.05) is 30.3 Å². The van der Waals surface area contributed by atoms with Gasteiger partial charge in [0.25, 0.3) is 0 Å². The van der Waals surface area contributed by atoms with Gasteiger partial charge in [-0.05, 0) is 24.8 Å². The van der Waals surface area contributed by atoms with Gasteiger partial charge in [-0.3, -0.25) is 14.5 Å². The number of hydrogen-bond acceptors (Lipinski definition) is 5. The van der Waals surface area contributed by atoms with Gasteiger partial charge in [0.05, 0.1) is 0 Å². The van der Waals surface area contributed by atoms with E-state index in [-0.39, 0.29) is 24.1 Å². The zero-order valence-corrected chi connectivity index (χ0v) is 13.9. The molecule has 0 saturated carbocycles. The molecular formula is C18H25NO4. The number of benzene rings is 1. The summed E-state index contributed by atoms with van der Waals surface area (Å²) in [6.07, 6.45) is 2.41. The second kappa shape index (κ2) is 8.67. The third-order valence-corrected chi connectivity index (χ3v) is 4.12. The van der Waals surface area contributed by atoms with Crippen LogP contribution < -0.4 is 0 Å². The van der Waals surface area contributed by atoms with E-state index in [1.807, 2.05) is 18.2 Å². The zero-order chi connectivity index (χ0) is 16.7. The number of rotatable bonds is 5. The van der Waals surface area contributed by atoms with Crippen molar-refractivity contribution in [3.8, 4) is 0 Å². The normalized spacial score (nSPS) is 22.2. The van der Waals surface area contributed by atoms with E-state index in [4.69, 9.17) is 9.47 Å². The molecule has 2 rings (SSSR count). The Morgan fingerprint density at radius 1 is 1.09 bits per heavy atom. The largest absolute Gasteiger partial charge is 0.464 e. The van der Waals surface area contributed by atoms with Crippen molar-refractivity contribution < 1.29 is 19.1 Å². The van der Waals surface area contributed by atoms with E-state index < -0.39 is 0 Å². The van der Waals surface area contributed by atoms with Crippen LogP contribution in [-0.2, 0) is 25.6 Å². The van der Waals surface area contributed by atoms with Crippen LogP contribution >= 0.6 is 0 Å². The minimum atomic E-state index is -0.259. The summed E-state index contributed by atoms with van der Waals surface area (Å²) >= 11 is 0. The summed E-state index contributed by atoms with van der Waals surface area (Å²) in [5, 5.41) is 0. The van der Waals surface area contributed by atoms with Gasteiger partial charge in [-0.2, -0.15) is 0 Å². The van der Waals surface area contributed by atoms with Crippen LogP contribution in [0.3, 0.4) is 0 Å². The molecular weight excluding hydrogens is 294 g/mol. The summed E-state index contributed by atoms with van der Waals surface area (Å²) in [6, 6.07) is 10.4. The maximum absolute atomic E-state index is 11.2. The van der Waals surface area contributed by atoms with E-state index >= 15 is 0 Å². The predicted octanol–water partition coefficient (Wildman–Crippen LogP) is 2.54. The zero-order valence-electron chi connectivity index (χ0n) is 13.9. The Hall–Kier alpha value is -1.88. The molecule has 5 nitrogen and oxygen atoms in total. The molecule has 0 aliphatic carbocycles. The molecule has 0 aromatic heterocycles. The van der Waals surface area contributed by atoms with E-state index in [0.717, 1.165) is 32.4 Å². The van der Waals surface area contributed by atoms with Crippen LogP contribution in [0.2, 0.25) is 0 Å². The third kappa shape index (κ3) is 6.02. The molecule has 1 saturated heterocycles. The number of carbonyl (C=O) groups excluding carboxylic acids is 2. The Morgan fingerprint density at radius 2 is 1.83 bits per heavy atom. The number of hydrogen-bond donors (Lipinski definition) is 0. The van der Waals surface area contributed by atoms with E-state index in [0.29, 0.717) is 6.61 Å². The summed E-state index contributed by atoms with van der Waals surface area (Å²) in [5.41, 5.74) is 1.23. The minimum Gasteiger partial charge on any atom is -0.464 e. The topological polar surface area (TPSA) is 55.8 Å². The van der Waals surface area contributed by atoms with Gasteiger partial charge >= 0.3 is 11.9 Å². The van der Waals surface area contributed by atoms with Crippen molar-refractivity contribution in [2.24, 2.45) is 0 Å². The molecule has 2 atom stereocenters. The van der Waals surface area contributed by atoms with E-state index in [1.54, 1.807) is 0 Å². The lowest BCUT2D eigenvalue weighted by molar-refractivity contribution is -0.146. The van der Waals surface area contributed by atoms with Crippen LogP contribution in [0.25, 0.3) is 0 Å². The first-order chi connectivity index (χ1) is 11.0. The van der Waals surface area contributed by atoms with Crippen molar-refractivity contribution in [2.75, 3.05) is 13.2 Å². The lowest BCUT2D eigenvalue weighted by Gasteiger charge is -2.29. The van der Waals surface area contributed by atoms with Crippen LogP contribution in [0.5, 0.6) is 0 Å². The molecule has 0 radical (unpaired) electrons. The Kier molecular flexibility index (Phi) is 6.59. The van der Waals surface area contributed by atoms with Gasteiger partial charge < -0.3 is 9.47 Å². The highest BCUT2D eigenvalue weighted by molar-refractivity contribution is 5.66. The third-order valence-electron chi connectivity index (χ3n) is 4.12. The van der Waals surface area contributed by atoms with Crippen molar-refractivity contribution in [3.05, 3.63) is 35.9 Å². The van der Waals surface area contributed by atoms with Gasteiger partial charge in [-0.25, -0.2) is 0 Å². The summed E-state index contributed by atoms with van der Waals surface area (Å²) in [7, 11) is 0. The molecule has 23 heavy (non-hydrogen) atoms. The molecule has 0 bridgehead atoms. The first-order valence-electron chi connectivity index (χ1n) is 8.13. The van der Waals surface area contributed by atoms with E-state index in [2.05, 4.69) is 17.0 Å². The number of ether oxygens (including phenoxy) is 2. The molecule has 0 spiro atoms. The minimum absolute atomic E-state index is 0.0481. The Bertz CT molecular complexity index is 517. The molecule has 1 aliphatic heterocycles. The molecule has 0 unspecified atom stereocenters. The summed E-state index contributed by atoms with van der Waals surface area (Å²) in [5.74, 6) is -0.492. The Balaban J connectivity index is 2.03. The second-order valence-electron chi connectivity index (χ2n) is 6.01. The Morgan fingerprint density at radius 3 is 2.48 bits per heavy atom. The second-order valence-corrected chi connectivity index (χ2v) is 6.01. The average Bonchev–Trinajstić information content (AvgIpc) is 2.69. The molecule has 5 heteroatoms. The van der Waals surface area contributed by atoms with Crippen molar-refractivity contribution >= 4 is 11.9 Å². The fourth-order valence-corrected chi connectivity index (χ4v) is 2.98. The molecule has 1 aromatic rings. The van der Waals surface area contributed by atoms with Crippen molar-refractivity contribution in [2.45, 2.75) is 51.8 Å². The molecule has 126 valence electrons. The number of likely N-dealkylation sites (tertiary alicyclic amines) is 1. The number of esters is 2. The molecule has 1 fully saturated rings. The summed E-state index contributed by atoms with van der Waals surface area (Å²) in [6.45, 7) is 4.89. The van der Waals surface area contributed by atoms with Gasteiger partial charge in [0.2, 0.25) is 0 Å². The van der Waals surface area contributed by atoms with Crippen LogP contribution in [0.1, 0.15) is 38.7 Å². The lowest BCUT2D eigenvalue weighted by atomic mass is 10.1. The highest BCUT2D eigenvalue weighted by Crippen LogP contribution is 2.22. The van der Waals surface area contributed by atoms with Gasteiger partial charge in [-0.15, -0.1) is 0 Å². The number of nitrogens with zero attached hydrogens (tertiary/aromatic N) is 1. The predicted molar refractivity (Wildman–Crippen MR) is 86.7 cm³/mol. The molecule has 1 aliphatic rings. The quantitative estimate of drug-likeness (QED) is 0.781. The van der Waals surface area contributed by atoms with Crippen molar-refractivity contribution in [1.29, 1.82) is 0 Å². The van der Waals surface area contributed by atoms with Crippen LogP contribution in [0.15, 0.2) is 30.3 Å². The van der Waals surface area contributed by atoms with Crippen LogP contribution in [-0.4, -0.2) is 42.1 Å². The van der Waals surface area contributed by atoms with Crippen LogP contribution in [0.4, 0.5) is 0 Å². The highest BCUT2D eigenvalue weighted by atomic mass is 16.5. The fraction of sp³-hybridized carbons (Fsp3) is 0.556. The number of carbonyl (C=O) groups is 2. The highest BCUT2D eigenvalue weighted by Gasteiger charge is 2.27. The molecule has 0 amide bonds. The summed E-state index contributed by atoms with van der Waals surface area (Å²) < 4.78 is 10.6. The first-order valence-corrected chi connectivity index (χ1v) is 8.13. The lowest BCUT2D eigenvalue weighted by Crippen LogP contribution is -2.38. The molecule has 0 N–H and O–H groups in total. The summed E-state index contributed by atoms with van der Waals surface area (Å²) in [4.78, 5) is 24.6. The van der Waals surface area contributed by atoms with E-state index in [1.165, 1.54) is 19.4 Å². The van der Waals surface area contributed by atoms with Gasteiger partial charge in [0.1, 0.15) is 12.7 Å². The van der Waals surface area contributed by atoms with Gasteiger partial charge in [0, 0.05) is 33.0 Å². The fourth-order valence-electron chi connectivity index (χ4n) is 2.98. The SMILES string of the molecule is CC(=O)OC[C@H]1CC[C@@H](OC(C)=O)CCN1Cc1ccccc1. The monoisotopic (exact) mass is 319 g/mol. The van der Waals surface area contributed by atoms with Crippen molar-refractivity contribution in [1.82, 2.24) is 4.90 Å². The Labute approximate surface area is 137 Å². The van der Waals surface area contributed by atoms with Gasteiger partial charge in [0.15, 0.2) is 0 Å². The first kappa shape index (κ1) is 17.5. The van der Waals surface area contributed by atoms with E-state index in [9.17, 15) is 9.59 Å². The smallest absolute Gasteiger partial charge is 0.302 e. The maximum atomic E-state index is 11.2. The standard InChI is InChI=1S/C18H25NO4/c1-14(20)22-13-17-8-9-18(23-15(2)21)10-11-19(17)12-16-6-4-3-5-7-16/h3-7,17-18H,8-13H2,1-2H3/t17-,18-/m1/s1. The maximum Gasteiger partial charge on any atom is 0.302 e. The molecule has 1 heterocycles.